The third-order valence-electron chi connectivity index (χ3n) is 4.58. The Balaban J connectivity index is 1.59. The van der Waals surface area contributed by atoms with Gasteiger partial charge < -0.3 is 15.6 Å². The number of rotatable bonds is 3. The van der Waals surface area contributed by atoms with Gasteiger partial charge in [0.15, 0.2) is 0 Å². The van der Waals surface area contributed by atoms with Crippen LogP contribution in [0.3, 0.4) is 0 Å². The number of fused-ring (bicyclic) bond motifs is 1. The van der Waals surface area contributed by atoms with Gasteiger partial charge in [0.05, 0.1) is 11.0 Å². The fourth-order valence-corrected chi connectivity index (χ4v) is 3.35. The van der Waals surface area contributed by atoms with Gasteiger partial charge in [-0.05, 0) is 37.1 Å². The predicted octanol–water partition coefficient (Wildman–Crippen LogP) is 2.44. The second kappa shape index (κ2) is 5.96. The lowest BCUT2D eigenvalue weighted by Crippen LogP contribution is -2.35. The van der Waals surface area contributed by atoms with Crippen LogP contribution in [0.1, 0.15) is 35.1 Å². The van der Waals surface area contributed by atoms with Gasteiger partial charge in [-0.15, -0.1) is 0 Å². The van der Waals surface area contributed by atoms with Crippen molar-refractivity contribution in [1.29, 1.82) is 0 Å². The number of anilines is 1. The van der Waals surface area contributed by atoms with E-state index in [1.165, 1.54) is 0 Å². The lowest BCUT2D eigenvalue weighted by Gasteiger charge is -2.33. The molecule has 1 amide bonds. The summed E-state index contributed by atoms with van der Waals surface area (Å²) in [6, 6.07) is 11.8. The zero-order valence-electron chi connectivity index (χ0n) is 13.3. The van der Waals surface area contributed by atoms with Crippen LogP contribution in [0.15, 0.2) is 42.6 Å². The molecule has 0 saturated carbocycles. The van der Waals surface area contributed by atoms with E-state index in [2.05, 4.69) is 20.9 Å². The number of aromatic nitrogens is 3. The van der Waals surface area contributed by atoms with E-state index < -0.39 is 5.91 Å². The highest BCUT2D eigenvalue weighted by molar-refractivity contribution is 5.91. The number of carbonyl (C=O) groups excluding carboxylic acids is 1. The summed E-state index contributed by atoms with van der Waals surface area (Å²) >= 11 is 0. The largest absolute Gasteiger partial charge is 0.371 e. The zero-order valence-corrected chi connectivity index (χ0v) is 13.3. The van der Waals surface area contributed by atoms with Crippen molar-refractivity contribution in [3.63, 3.8) is 0 Å². The molecule has 4 rings (SSSR count). The Hall–Kier alpha value is -2.89. The number of imidazole rings is 1. The van der Waals surface area contributed by atoms with Gasteiger partial charge in [-0.1, -0.05) is 12.1 Å². The van der Waals surface area contributed by atoms with Crippen LogP contribution >= 0.6 is 0 Å². The van der Waals surface area contributed by atoms with Crippen LogP contribution in [0.25, 0.3) is 11.0 Å². The van der Waals surface area contributed by atoms with E-state index in [4.69, 9.17) is 10.7 Å². The first-order valence-corrected chi connectivity index (χ1v) is 8.16. The van der Waals surface area contributed by atoms with Crippen LogP contribution < -0.4 is 10.6 Å². The van der Waals surface area contributed by atoms with E-state index in [0.717, 1.165) is 48.5 Å². The second-order valence-corrected chi connectivity index (χ2v) is 6.19. The van der Waals surface area contributed by atoms with Crippen LogP contribution in [-0.2, 0) is 0 Å². The smallest absolute Gasteiger partial charge is 0.267 e. The molecule has 1 saturated heterocycles. The maximum Gasteiger partial charge on any atom is 0.267 e. The van der Waals surface area contributed by atoms with Gasteiger partial charge in [-0.3, -0.25) is 9.78 Å². The van der Waals surface area contributed by atoms with E-state index in [0.29, 0.717) is 11.6 Å². The molecule has 1 unspecified atom stereocenters. The molecule has 1 fully saturated rings. The Morgan fingerprint density at radius 2 is 2.17 bits per heavy atom. The molecule has 0 bridgehead atoms. The number of primary amides is 1. The van der Waals surface area contributed by atoms with Crippen molar-refractivity contribution < 1.29 is 4.79 Å². The van der Waals surface area contributed by atoms with Crippen molar-refractivity contribution >= 4 is 22.6 Å². The minimum absolute atomic E-state index is 0.304. The topological polar surface area (TPSA) is 87.9 Å². The molecule has 0 radical (unpaired) electrons. The molecule has 3 aromatic rings. The summed E-state index contributed by atoms with van der Waals surface area (Å²) in [4.78, 5) is 25.8. The van der Waals surface area contributed by atoms with Crippen LogP contribution in [0.2, 0.25) is 0 Å². The zero-order chi connectivity index (χ0) is 16.5. The van der Waals surface area contributed by atoms with Crippen LogP contribution in [0.4, 0.5) is 5.69 Å². The van der Waals surface area contributed by atoms with Gasteiger partial charge in [-0.25, -0.2) is 4.98 Å². The average molecular weight is 321 g/mol. The Kier molecular flexibility index (Phi) is 3.65. The number of nitrogens with two attached hydrogens (primary N) is 1. The number of piperidine rings is 1. The number of pyridine rings is 1. The lowest BCUT2D eigenvalue weighted by atomic mass is 9.97. The fraction of sp³-hybridized carbons (Fsp3) is 0.278. The van der Waals surface area contributed by atoms with E-state index in [-0.39, 0.29) is 0 Å². The normalized spacial score (nSPS) is 18.0. The first kappa shape index (κ1) is 14.7. The number of amides is 1. The molecule has 1 aliphatic heterocycles. The van der Waals surface area contributed by atoms with Crippen molar-refractivity contribution in [2.45, 2.75) is 18.8 Å². The van der Waals surface area contributed by atoms with Gasteiger partial charge in [0, 0.05) is 30.9 Å². The lowest BCUT2D eigenvalue weighted by molar-refractivity contribution is 0.0995. The van der Waals surface area contributed by atoms with Gasteiger partial charge in [0.25, 0.3) is 5.91 Å². The Morgan fingerprint density at radius 1 is 1.29 bits per heavy atom. The van der Waals surface area contributed by atoms with E-state index in [1.807, 2.05) is 24.3 Å². The van der Waals surface area contributed by atoms with E-state index in [1.54, 1.807) is 12.3 Å². The molecule has 1 atom stereocenters. The van der Waals surface area contributed by atoms with Crippen LogP contribution in [0.5, 0.6) is 0 Å². The summed E-state index contributed by atoms with van der Waals surface area (Å²) < 4.78 is 0. The summed E-state index contributed by atoms with van der Waals surface area (Å²) in [6.07, 6.45) is 3.82. The second-order valence-electron chi connectivity index (χ2n) is 6.19. The highest BCUT2D eigenvalue weighted by atomic mass is 16.1. The highest BCUT2D eigenvalue weighted by Crippen LogP contribution is 2.29. The minimum Gasteiger partial charge on any atom is -0.371 e. The van der Waals surface area contributed by atoms with Gasteiger partial charge in [-0.2, -0.15) is 0 Å². The summed E-state index contributed by atoms with van der Waals surface area (Å²) in [5.41, 5.74) is 8.71. The quantitative estimate of drug-likeness (QED) is 0.775. The molecule has 2 aromatic heterocycles. The number of nitrogens with zero attached hydrogens (tertiary/aromatic N) is 3. The van der Waals surface area contributed by atoms with E-state index >= 15 is 0 Å². The fourth-order valence-electron chi connectivity index (χ4n) is 3.35. The number of benzene rings is 1. The number of hydrogen-bond acceptors (Lipinski definition) is 4. The SMILES string of the molecule is NC(=O)c1cc(N2CCCC(c3nc4ccccc4[nH]3)C2)ccn1. The number of nitrogens with one attached hydrogen (secondary N) is 1. The van der Waals surface area contributed by atoms with Crippen molar-refractivity contribution in [1.82, 2.24) is 15.0 Å². The maximum absolute atomic E-state index is 11.3. The molecule has 6 heteroatoms. The molecule has 1 aliphatic rings. The number of H-pyrrole nitrogens is 1. The Bertz CT molecular complexity index is 855. The Morgan fingerprint density at radius 3 is 3.00 bits per heavy atom. The summed E-state index contributed by atoms with van der Waals surface area (Å²) in [5, 5.41) is 0. The Labute approximate surface area is 139 Å². The summed E-state index contributed by atoms with van der Waals surface area (Å²) in [7, 11) is 0. The van der Waals surface area contributed by atoms with Crippen molar-refractivity contribution in [3.05, 3.63) is 54.1 Å². The number of hydrogen-bond donors (Lipinski definition) is 2. The molecule has 3 N–H and O–H groups in total. The molecule has 6 nitrogen and oxygen atoms in total. The summed E-state index contributed by atoms with van der Waals surface area (Å²) in [6.45, 7) is 1.82. The van der Waals surface area contributed by atoms with Crippen molar-refractivity contribution in [3.8, 4) is 0 Å². The van der Waals surface area contributed by atoms with Gasteiger partial charge in [0.1, 0.15) is 11.5 Å². The first-order valence-electron chi connectivity index (χ1n) is 8.16. The first-order chi connectivity index (χ1) is 11.7. The van der Waals surface area contributed by atoms with Crippen LogP contribution in [-0.4, -0.2) is 33.9 Å². The molecule has 24 heavy (non-hydrogen) atoms. The number of aromatic amines is 1. The van der Waals surface area contributed by atoms with E-state index in [9.17, 15) is 4.79 Å². The average Bonchev–Trinajstić information content (AvgIpc) is 3.06. The molecule has 3 heterocycles. The number of para-hydroxylation sites is 2. The minimum atomic E-state index is -0.498. The molecular formula is C18H19N5O. The predicted molar refractivity (Wildman–Crippen MR) is 93.0 cm³/mol. The standard InChI is InChI=1S/C18H19N5O/c19-17(24)16-10-13(7-8-20-16)23-9-3-4-12(11-23)18-21-14-5-1-2-6-15(14)22-18/h1-2,5-8,10,12H,3-4,9,11H2,(H2,19,24)(H,21,22). The van der Waals surface area contributed by atoms with Gasteiger partial charge >= 0.3 is 0 Å². The van der Waals surface area contributed by atoms with Crippen molar-refractivity contribution in [2.75, 3.05) is 18.0 Å². The molecule has 122 valence electrons. The molecular weight excluding hydrogens is 302 g/mol. The van der Waals surface area contributed by atoms with Gasteiger partial charge in [0.2, 0.25) is 0 Å². The monoisotopic (exact) mass is 321 g/mol. The van der Waals surface area contributed by atoms with Crippen molar-refractivity contribution in [2.24, 2.45) is 5.73 Å². The molecule has 0 spiro atoms. The molecule has 0 aliphatic carbocycles. The third-order valence-corrected chi connectivity index (χ3v) is 4.58. The molecule has 1 aromatic carbocycles. The summed E-state index contributed by atoms with van der Waals surface area (Å²) in [5.74, 6) is 0.879. The highest BCUT2D eigenvalue weighted by Gasteiger charge is 2.24. The van der Waals surface area contributed by atoms with Crippen LogP contribution in [0, 0.1) is 0 Å². The maximum atomic E-state index is 11.3. The third kappa shape index (κ3) is 2.71. The number of carbonyl (C=O) groups is 1.